The number of allylic oxidation sites excluding steroid dienone is 1. The lowest BCUT2D eigenvalue weighted by molar-refractivity contribution is -0.384. The van der Waals surface area contributed by atoms with Crippen LogP contribution < -0.4 is 4.74 Å². The zero-order valence-corrected chi connectivity index (χ0v) is 31.3. The number of benzene rings is 2. The van der Waals surface area contributed by atoms with Crippen LogP contribution in [0, 0.1) is 27.9 Å². The van der Waals surface area contributed by atoms with Gasteiger partial charge in [-0.3, -0.25) is 15.0 Å². The van der Waals surface area contributed by atoms with Crippen LogP contribution in [0.25, 0.3) is 0 Å². The molecule has 4 N–H and O–H groups in total. The molecule has 6 atom stereocenters. The molecule has 3 aliphatic rings. The number of ether oxygens (including phenoxy) is 4. The molecule has 0 spiro atoms. The molecule has 15 heteroatoms. The van der Waals surface area contributed by atoms with Gasteiger partial charge in [-0.15, -0.1) is 6.58 Å². The van der Waals surface area contributed by atoms with Crippen LogP contribution in [0.4, 0.5) is 10.5 Å². The summed E-state index contributed by atoms with van der Waals surface area (Å²) in [6, 6.07) is 10.1. The fourth-order valence-corrected chi connectivity index (χ4v) is 8.38. The highest BCUT2D eigenvalue weighted by Crippen LogP contribution is 2.61. The normalized spacial score (nSPS) is 24.5. The van der Waals surface area contributed by atoms with Gasteiger partial charge in [0.25, 0.3) is 5.69 Å². The van der Waals surface area contributed by atoms with E-state index in [9.17, 15) is 35.3 Å². The molecule has 300 valence electrons. The highest BCUT2D eigenvalue weighted by Gasteiger charge is 2.65. The van der Waals surface area contributed by atoms with E-state index in [0.29, 0.717) is 29.9 Å². The van der Waals surface area contributed by atoms with E-state index < -0.39 is 28.8 Å². The zero-order valence-electron chi connectivity index (χ0n) is 31.3. The van der Waals surface area contributed by atoms with Crippen LogP contribution in [0.2, 0.25) is 0 Å². The van der Waals surface area contributed by atoms with E-state index in [1.54, 1.807) is 36.4 Å². The number of hydrogen-bond acceptors (Lipinski definition) is 13. The molecule has 2 aromatic carbocycles. The maximum atomic E-state index is 13.8. The number of unbranched alkanes of at least 4 members (excludes halogenated alkanes) is 2. The van der Waals surface area contributed by atoms with Gasteiger partial charge >= 0.3 is 6.09 Å². The van der Waals surface area contributed by atoms with Crippen molar-refractivity contribution in [2.75, 3.05) is 53.3 Å². The first-order valence-corrected chi connectivity index (χ1v) is 18.9. The Balaban J connectivity index is 1.71. The van der Waals surface area contributed by atoms with Gasteiger partial charge in [0.15, 0.2) is 0 Å². The predicted molar refractivity (Wildman–Crippen MR) is 202 cm³/mol. The standard InChI is InChI=1S/C40H53N3O12/c1-3-20-53-40-36(42(39(48)51-2)16-21-52-22-19-46)25-34(41-54-26-27-10-12-29(13-11-27)43(49)50)32-23-28(8-4-6-17-44)31(9-5-7-18-45)37(38(32)40)33-24-30(47)14-15-35(33)55-40/h3,10-15,23-24,28,31,36-38,44-47H,1,4-9,16-22,25-26H2,2H3. The minimum absolute atomic E-state index is 0.00749. The summed E-state index contributed by atoms with van der Waals surface area (Å²) in [6.45, 7) is 4.10. The molecule has 5 rings (SSSR count). The predicted octanol–water partition coefficient (Wildman–Crippen LogP) is 5.21. The summed E-state index contributed by atoms with van der Waals surface area (Å²) >= 11 is 0. The Labute approximate surface area is 320 Å². The van der Waals surface area contributed by atoms with E-state index in [1.807, 2.05) is 0 Å². The van der Waals surface area contributed by atoms with Crippen LogP contribution in [0.5, 0.6) is 11.5 Å². The number of aromatic hydroxyl groups is 1. The third-order valence-electron chi connectivity index (χ3n) is 10.7. The molecule has 2 aromatic rings. The van der Waals surface area contributed by atoms with Crippen molar-refractivity contribution in [3.05, 3.63) is 88.0 Å². The Kier molecular flexibility index (Phi) is 15.0. The summed E-state index contributed by atoms with van der Waals surface area (Å²) in [5, 5.41) is 55.7. The lowest BCUT2D eigenvalue weighted by Gasteiger charge is -2.59. The van der Waals surface area contributed by atoms with Crippen LogP contribution in [0.15, 0.2) is 71.9 Å². The molecule has 15 nitrogen and oxygen atoms in total. The molecular formula is C40H53N3O12. The van der Waals surface area contributed by atoms with Gasteiger partial charge in [-0.1, -0.05) is 30.1 Å². The van der Waals surface area contributed by atoms with Gasteiger partial charge in [-0.25, -0.2) is 4.79 Å². The third-order valence-corrected chi connectivity index (χ3v) is 10.7. The van der Waals surface area contributed by atoms with E-state index in [0.717, 1.165) is 36.8 Å². The molecule has 1 amide bonds. The van der Waals surface area contributed by atoms with Crippen molar-refractivity contribution in [1.82, 2.24) is 4.90 Å². The molecule has 6 unspecified atom stereocenters. The summed E-state index contributed by atoms with van der Waals surface area (Å²) in [4.78, 5) is 32.0. The van der Waals surface area contributed by atoms with Crippen molar-refractivity contribution < 1.29 is 53.9 Å². The topological polar surface area (TPSA) is 203 Å². The highest BCUT2D eigenvalue weighted by atomic mass is 16.7. The summed E-state index contributed by atoms with van der Waals surface area (Å²) in [5.41, 5.74) is 2.73. The number of nitrogens with zero attached hydrogens (tertiary/aromatic N) is 3. The van der Waals surface area contributed by atoms with Crippen LogP contribution in [0.3, 0.4) is 0 Å². The lowest BCUT2D eigenvalue weighted by Crippen LogP contribution is -2.70. The first-order valence-electron chi connectivity index (χ1n) is 18.9. The lowest BCUT2D eigenvalue weighted by atomic mass is 9.55. The summed E-state index contributed by atoms with van der Waals surface area (Å²) in [5.74, 6) is -1.93. The Morgan fingerprint density at radius 1 is 1.07 bits per heavy atom. The molecular weight excluding hydrogens is 714 g/mol. The number of rotatable bonds is 21. The number of phenolic OH excluding ortho intramolecular Hbond substituents is 1. The minimum atomic E-state index is -1.53. The number of carbonyl (C=O) groups excluding carboxylic acids is 1. The van der Waals surface area contributed by atoms with Crippen molar-refractivity contribution in [1.29, 1.82) is 0 Å². The van der Waals surface area contributed by atoms with Crippen molar-refractivity contribution in [3.8, 4) is 11.5 Å². The smallest absolute Gasteiger partial charge is 0.410 e. The largest absolute Gasteiger partial charge is 0.508 e. The summed E-state index contributed by atoms with van der Waals surface area (Å²) in [7, 11) is 1.29. The summed E-state index contributed by atoms with van der Waals surface area (Å²) < 4.78 is 24.8. The molecule has 0 radical (unpaired) electrons. The van der Waals surface area contributed by atoms with Gasteiger partial charge in [-0.05, 0) is 79.0 Å². The first kappa shape index (κ1) is 41.6. The average molecular weight is 768 g/mol. The average Bonchev–Trinajstić information content (AvgIpc) is 3.19. The number of amides is 1. The maximum absolute atomic E-state index is 13.8. The molecule has 0 bridgehead atoms. The number of methoxy groups -OCH3 is 1. The zero-order chi connectivity index (χ0) is 39.4. The second-order valence-corrected chi connectivity index (χ2v) is 14.0. The van der Waals surface area contributed by atoms with Gasteiger partial charge in [0.1, 0.15) is 24.1 Å². The molecule has 1 saturated carbocycles. The van der Waals surface area contributed by atoms with E-state index in [-0.39, 0.29) is 88.4 Å². The number of nitro benzene ring substituents is 1. The van der Waals surface area contributed by atoms with E-state index >= 15 is 0 Å². The molecule has 1 aliphatic heterocycles. The second kappa shape index (κ2) is 19.9. The molecule has 55 heavy (non-hydrogen) atoms. The van der Waals surface area contributed by atoms with Crippen LogP contribution in [0.1, 0.15) is 62.0 Å². The quantitative estimate of drug-likeness (QED) is 0.0560. The number of oxime groups is 1. The number of hydrogen-bond donors (Lipinski definition) is 4. The molecule has 1 fully saturated rings. The van der Waals surface area contributed by atoms with Gasteiger partial charge in [0.05, 0.1) is 50.1 Å². The number of nitro groups is 1. The highest BCUT2D eigenvalue weighted by molar-refractivity contribution is 6.03. The number of aliphatic hydroxyl groups excluding tert-OH is 3. The van der Waals surface area contributed by atoms with Gasteiger partial charge in [-0.2, -0.15) is 0 Å². The fraction of sp³-hybridized carbons (Fsp3) is 0.550. The number of phenols is 1. The fourth-order valence-electron chi connectivity index (χ4n) is 8.38. The maximum Gasteiger partial charge on any atom is 0.410 e. The van der Waals surface area contributed by atoms with Crippen molar-refractivity contribution in [2.45, 2.75) is 69.3 Å². The van der Waals surface area contributed by atoms with E-state index in [2.05, 4.69) is 12.7 Å². The van der Waals surface area contributed by atoms with Crippen molar-refractivity contribution in [3.63, 3.8) is 0 Å². The van der Waals surface area contributed by atoms with Crippen molar-refractivity contribution >= 4 is 17.5 Å². The minimum Gasteiger partial charge on any atom is -0.508 e. The molecule has 0 aromatic heterocycles. The van der Waals surface area contributed by atoms with Gasteiger partial charge < -0.3 is 44.2 Å². The van der Waals surface area contributed by atoms with Gasteiger partial charge in [0.2, 0.25) is 5.79 Å². The molecule has 0 saturated heterocycles. The number of carbonyl (C=O) groups is 1. The Bertz CT molecular complexity index is 1670. The monoisotopic (exact) mass is 767 g/mol. The number of fused-ring (bicyclic) bond motifs is 2. The number of aliphatic hydroxyl groups is 3. The molecule has 1 heterocycles. The molecule has 2 aliphatic carbocycles. The van der Waals surface area contributed by atoms with E-state index in [1.165, 1.54) is 24.1 Å². The van der Waals surface area contributed by atoms with Gasteiger partial charge in [0, 0.05) is 49.8 Å². The Hall–Kier alpha value is -4.54. The van der Waals surface area contributed by atoms with Crippen LogP contribution in [-0.4, -0.2) is 107 Å². The second-order valence-electron chi connectivity index (χ2n) is 14.0. The van der Waals surface area contributed by atoms with Crippen LogP contribution >= 0.6 is 0 Å². The Morgan fingerprint density at radius 3 is 2.49 bits per heavy atom. The van der Waals surface area contributed by atoms with Crippen LogP contribution in [-0.2, 0) is 25.7 Å². The Morgan fingerprint density at radius 2 is 1.82 bits per heavy atom. The first-order chi connectivity index (χ1) is 26.7. The SMILES string of the molecule is C=CCOC12Oc3ccc(O)cc3C3C(CCCCO)C(CCCCO)C=C(C(=NOCc4ccc([N+](=O)[O-])cc4)CC1N(CCOCCO)C(=O)OC)C32. The summed E-state index contributed by atoms with van der Waals surface area (Å²) in [6.07, 6.45) is 7.46. The number of non-ortho nitro benzene ring substituents is 1. The van der Waals surface area contributed by atoms with E-state index in [4.69, 9.17) is 28.9 Å². The van der Waals surface area contributed by atoms with Crippen molar-refractivity contribution in [2.24, 2.45) is 22.9 Å². The third kappa shape index (κ3) is 9.47.